The minimum atomic E-state index is -4.04. The van der Waals surface area contributed by atoms with E-state index in [2.05, 4.69) is 20.0 Å². The van der Waals surface area contributed by atoms with E-state index in [1.807, 2.05) is 26.0 Å². The molecule has 8 bridgehead atoms. The molecular weight excluding hydrogens is 548 g/mol. The van der Waals surface area contributed by atoms with Crippen LogP contribution in [0, 0.1) is 0 Å². The Balaban J connectivity index is 1.60. The molecule has 1 unspecified atom stereocenters. The molecule has 4 aromatic heterocycles. The van der Waals surface area contributed by atoms with E-state index in [4.69, 9.17) is 14.7 Å². The largest absolute Gasteiger partial charge is 0.480 e. The monoisotopic (exact) mass is 574 g/mol. The van der Waals surface area contributed by atoms with Gasteiger partial charge in [-0.2, -0.15) is 0 Å². The zero-order valence-corrected chi connectivity index (χ0v) is 23.5. The van der Waals surface area contributed by atoms with E-state index in [9.17, 15) is 13.5 Å². The summed E-state index contributed by atoms with van der Waals surface area (Å²) in [6, 6.07) is 11.8. The Labute approximate surface area is 235 Å². The molecule has 3 N–H and O–H groups in total. The molecular formula is C28H26N6O4S2. The molecule has 0 radical (unpaired) electrons. The number of benzene rings is 1. The number of anilines is 1. The summed E-state index contributed by atoms with van der Waals surface area (Å²) >= 11 is 1.49. The molecule has 1 atom stereocenters. The molecule has 0 saturated carbocycles. The van der Waals surface area contributed by atoms with Crippen molar-refractivity contribution in [2.24, 2.45) is 0 Å². The van der Waals surface area contributed by atoms with E-state index in [1.54, 1.807) is 36.8 Å². The van der Waals surface area contributed by atoms with Crippen molar-refractivity contribution in [2.45, 2.75) is 37.4 Å². The van der Waals surface area contributed by atoms with Gasteiger partial charge in [-0.3, -0.25) is 15.0 Å². The van der Waals surface area contributed by atoms with Crippen LogP contribution in [0.2, 0.25) is 0 Å². The first kappa shape index (κ1) is 26.3. The number of hydrogen-bond acceptors (Lipinski definition) is 10. The van der Waals surface area contributed by atoms with Gasteiger partial charge in [-0.25, -0.2) is 23.4 Å². The van der Waals surface area contributed by atoms with Crippen LogP contribution >= 0.6 is 11.3 Å². The van der Waals surface area contributed by atoms with Gasteiger partial charge in [-0.15, -0.1) is 11.3 Å². The Morgan fingerprint density at radius 1 is 1.07 bits per heavy atom. The average molecular weight is 575 g/mol. The summed E-state index contributed by atoms with van der Waals surface area (Å²) in [5, 5.41) is 13.9. The highest BCUT2D eigenvalue weighted by Gasteiger charge is 2.22. The summed E-state index contributed by atoms with van der Waals surface area (Å²) in [6.07, 6.45) is 4.02. The molecule has 5 heterocycles. The first-order valence-electron chi connectivity index (χ1n) is 12.6. The average Bonchev–Trinajstić information content (AvgIpc) is 3.39. The predicted molar refractivity (Wildman–Crippen MR) is 154 cm³/mol. The molecule has 10 nitrogen and oxygen atoms in total. The molecule has 5 aromatic rings. The van der Waals surface area contributed by atoms with Crippen LogP contribution in [-0.4, -0.2) is 40.6 Å². The Morgan fingerprint density at radius 2 is 1.93 bits per heavy atom. The minimum Gasteiger partial charge on any atom is -0.480 e. The summed E-state index contributed by atoms with van der Waals surface area (Å²) in [6.45, 7) is 4.38. The molecule has 40 heavy (non-hydrogen) atoms. The van der Waals surface area contributed by atoms with Gasteiger partial charge in [-0.1, -0.05) is 26.0 Å². The van der Waals surface area contributed by atoms with Gasteiger partial charge < -0.3 is 9.84 Å². The fourth-order valence-electron chi connectivity index (χ4n) is 4.47. The molecule has 1 aromatic carbocycles. The maximum atomic E-state index is 13.4. The van der Waals surface area contributed by atoms with Crippen LogP contribution in [0.4, 0.5) is 5.69 Å². The summed E-state index contributed by atoms with van der Waals surface area (Å²) in [5.41, 5.74) is 4.49. The van der Waals surface area contributed by atoms with Crippen molar-refractivity contribution in [3.63, 3.8) is 0 Å². The lowest BCUT2D eigenvalue weighted by atomic mass is 10.1. The molecule has 0 amide bonds. The number of nitrogens with one attached hydrogen (secondary N) is 2. The molecule has 204 valence electrons. The standard InChI is InChI=1S/C28H26N6O4S2/c1-15(2)26-32-21-10-23-18-9-22(28(38-3)31-14-18)34-40(36,37)20-6-4-5-17(8-20)27(35)30-12-16-7-19(13-29-11-16)24(33-26)25(21)39-23/h4-11,13-15,27,30,34-35H,12H2,1-3H3. The first-order chi connectivity index (χ1) is 19.2. The fraction of sp³-hybridized carbons (Fsp3) is 0.214. The maximum absolute atomic E-state index is 13.4. The summed E-state index contributed by atoms with van der Waals surface area (Å²) < 4.78 is 35.7. The van der Waals surface area contributed by atoms with Crippen molar-refractivity contribution in [3.8, 4) is 27.6 Å². The molecule has 1 aliphatic heterocycles. The molecule has 1 aliphatic rings. The van der Waals surface area contributed by atoms with Crippen molar-refractivity contribution in [2.75, 3.05) is 11.8 Å². The van der Waals surface area contributed by atoms with Crippen molar-refractivity contribution >= 4 is 37.3 Å². The van der Waals surface area contributed by atoms with E-state index in [1.165, 1.54) is 30.6 Å². The third-order valence-electron chi connectivity index (χ3n) is 6.53. The van der Waals surface area contributed by atoms with E-state index >= 15 is 0 Å². The topological polar surface area (TPSA) is 139 Å². The normalized spacial score (nSPS) is 16.4. The molecule has 0 fully saturated rings. The zero-order chi connectivity index (χ0) is 28.0. The number of aromatic nitrogens is 4. The Hall–Kier alpha value is -3.97. The van der Waals surface area contributed by atoms with E-state index in [-0.39, 0.29) is 22.4 Å². The molecule has 12 heteroatoms. The van der Waals surface area contributed by atoms with Gasteiger partial charge in [-0.05, 0) is 41.5 Å². The number of hydrogen-bond donors (Lipinski definition) is 3. The van der Waals surface area contributed by atoms with Crippen molar-refractivity contribution < 1.29 is 18.3 Å². The van der Waals surface area contributed by atoms with Gasteiger partial charge in [0.05, 0.1) is 27.9 Å². The van der Waals surface area contributed by atoms with Crippen LogP contribution in [0.25, 0.3) is 31.9 Å². The van der Waals surface area contributed by atoms with Gasteiger partial charge in [0.25, 0.3) is 10.0 Å². The van der Waals surface area contributed by atoms with Crippen LogP contribution < -0.4 is 14.8 Å². The number of pyridine rings is 2. The van der Waals surface area contributed by atoms with Crippen LogP contribution in [0.1, 0.15) is 42.9 Å². The summed E-state index contributed by atoms with van der Waals surface area (Å²) in [5.74, 6) is 0.933. The summed E-state index contributed by atoms with van der Waals surface area (Å²) in [4.78, 5) is 19.4. The minimum absolute atomic E-state index is 0.00826. The number of aliphatic hydroxyl groups excluding tert-OH is 1. The number of thiophene rings is 1. The Bertz CT molecular complexity index is 1860. The number of rotatable bonds is 2. The van der Waals surface area contributed by atoms with Gasteiger partial charge in [0, 0.05) is 47.1 Å². The second kappa shape index (κ2) is 10.2. The second-order valence-electron chi connectivity index (χ2n) is 9.73. The number of aliphatic hydroxyl groups is 1. The maximum Gasteiger partial charge on any atom is 0.262 e. The lowest BCUT2D eigenvalue weighted by Crippen LogP contribution is -2.21. The van der Waals surface area contributed by atoms with Crippen molar-refractivity contribution in [1.29, 1.82) is 0 Å². The number of methoxy groups -OCH3 is 1. The van der Waals surface area contributed by atoms with Crippen LogP contribution in [0.15, 0.2) is 66.0 Å². The highest BCUT2D eigenvalue weighted by molar-refractivity contribution is 7.92. The Kier molecular flexibility index (Phi) is 6.70. The van der Waals surface area contributed by atoms with Crippen LogP contribution in [-0.2, 0) is 16.6 Å². The van der Waals surface area contributed by atoms with E-state index in [0.29, 0.717) is 23.5 Å². The smallest absolute Gasteiger partial charge is 0.262 e. The van der Waals surface area contributed by atoms with Gasteiger partial charge in [0.2, 0.25) is 5.88 Å². The van der Waals surface area contributed by atoms with Crippen LogP contribution in [0.3, 0.4) is 0 Å². The first-order valence-corrected chi connectivity index (χ1v) is 14.9. The predicted octanol–water partition coefficient (Wildman–Crippen LogP) is 4.84. The van der Waals surface area contributed by atoms with E-state index in [0.717, 1.165) is 31.9 Å². The second-order valence-corrected chi connectivity index (χ2v) is 12.5. The number of fused-ring (bicyclic) bond motifs is 9. The van der Waals surface area contributed by atoms with Gasteiger partial charge >= 0.3 is 0 Å². The van der Waals surface area contributed by atoms with E-state index < -0.39 is 16.3 Å². The molecule has 0 aliphatic carbocycles. The zero-order valence-electron chi connectivity index (χ0n) is 21.9. The SMILES string of the molecule is COc1ncc2cc1NS(=O)(=O)c1cccc(c1)C(O)NCc1cncc(c1)-c1nc(C(C)C)nc3cc-2sc13. The lowest BCUT2D eigenvalue weighted by Gasteiger charge is -2.16. The van der Waals surface area contributed by atoms with Gasteiger partial charge in [0.15, 0.2) is 0 Å². The number of sulfonamides is 1. The highest BCUT2D eigenvalue weighted by atomic mass is 32.2. The Morgan fingerprint density at radius 3 is 2.73 bits per heavy atom. The highest BCUT2D eigenvalue weighted by Crippen LogP contribution is 2.40. The summed E-state index contributed by atoms with van der Waals surface area (Å²) in [7, 11) is -2.61. The fourth-order valence-corrected chi connectivity index (χ4v) is 6.66. The number of nitrogens with zero attached hydrogens (tertiary/aromatic N) is 4. The van der Waals surface area contributed by atoms with Gasteiger partial charge in [0.1, 0.15) is 17.7 Å². The molecule has 6 rings (SSSR count). The van der Waals surface area contributed by atoms with Crippen LogP contribution in [0.5, 0.6) is 5.88 Å². The molecule has 0 spiro atoms. The van der Waals surface area contributed by atoms with Crippen molar-refractivity contribution in [3.05, 3.63) is 78.0 Å². The third-order valence-corrected chi connectivity index (χ3v) is 9.07. The quantitative estimate of drug-likeness (QED) is 0.270. The van der Waals surface area contributed by atoms with Crippen molar-refractivity contribution in [1.82, 2.24) is 25.3 Å². The molecule has 0 saturated heterocycles. The number of ether oxygens (including phenoxy) is 1. The third kappa shape index (κ3) is 4.90. The lowest BCUT2D eigenvalue weighted by molar-refractivity contribution is 0.137.